The number of rotatable bonds is 3. The summed E-state index contributed by atoms with van der Waals surface area (Å²) in [6, 6.07) is 3.78. The van der Waals surface area contributed by atoms with Gasteiger partial charge in [0.2, 0.25) is 10.0 Å². The topological polar surface area (TPSA) is 37.4 Å². The molecule has 0 bridgehead atoms. The number of nitrogens with zero attached hydrogens (tertiary/aromatic N) is 1. The molecule has 112 valence electrons. The van der Waals surface area contributed by atoms with Gasteiger partial charge in [0.25, 0.3) is 0 Å². The molecule has 1 aromatic carbocycles. The molecular formula is C14H19ClFNO2S. The lowest BCUT2D eigenvalue weighted by Gasteiger charge is -2.35. The second-order valence-electron chi connectivity index (χ2n) is 5.48. The van der Waals surface area contributed by atoms with Crippen LogP contribution < -0.4 is 0 Å². The maximum atomic E-state index is 13.4. The number of benzene rings is 1. The summed E-state index contributed by atoms with van der Waals surface area (Å²) in [6.07, 6.45) is 1.70. The highest BCUT2D eigenvalue weighted by molar-refractivity contribution is 7.89. The van der Waals surface area contributed by atoms with Crippen molar-refractivity contribution < 1.29 is 12.8 Å². The Kier molecular flexibility index (Phi) is 4.72. The molecule has 1 heterocycles. The predicted molar refractivity (Wildman–Crippen MR) is 77.7 cm³/mol. The van der Waals surface area contributed by atoms with Crippen LogP contribution in [0.25, 0.3) is 0 Å². The van der Waals surface area contributed by atoms with Crippen molar-refractivity contribution in [3.63, 3.8) is 0 Å². The van der Waals surface area contributed by atoms with Crippen LogP contribution in [0.15, 0.2) is 23.1 Å². The summed E-state index contributed by atoms with van der Waals surface area (Å²) in [7, 11) is -3.58. The molecule has 0 saturated carbocycles. The number of sulfonamides is 1. The second-order valence-corrected chi connectivity index (χ2v) is 7.64. The zero-order chi connectivity index (χ0) is 14.9. The molecule has 2 rings (SSSR count). The quantitative estimate of drug-likeness (QED) is 0.801. The Morgan fingerprint density at radius 2 is 2.10 bits per heavy atom. The van der Waals surface area contributed by atoms with Crippen molar-refractivity contribution in [2.75, 3.05) is 6.54 Å². The van der Waals surface area contributed by atoms with Crippen LogP contribution in [0.2, 0.25) is 0 Å². The minimum Gasteiger partial charge on any atom is -0.207 e. The van der Waals surface area contributed by atoms with Crippen LogP contribution in [0.4, 0.5) is 4.39 Å². The summed E-state index contributed by atoms with van der Waals surface area (Å²) in [6.45, 7) is 4.56. The Morgan fingerprint density at radius 1 is 1.40 bits per heavy atom. The van der Waals surface area contributed by atoms with E-state index in [1.807, 2.05) is 6.92 Å². The molecule has 0 spiro atoms. The summed E-state index contributed by atoms with van der Waals surface area (Å²) in [5.74, 6) is 0.0178. The molecule has 6 heteroatoms. The fourth-order valence-corrected chi connectivity index (χ4v) is 4.60. The zero-order valence-corrected chi connectivity index (χ0v) is 13.2. The summed E-state index contributed by atoms with van der Waals surface area (Å²) in [5.41, 5.74) is 0.214. The Labute approximate surface area is 124 Å². The first-order chi connectivity index (χ1) is 9.36. The van der Waals surface area contributed by atoms with E-state index >= 15 is 0 Å². The van der Waals surface area contributed by atoms with Crippen molar-refractivity contribution in [1.29, 1.82) is 0 Å². The van der Waals surface area contributed by atoms with E-state index in [-0.39, 0.29) is 22.4 Å². The molecule has 0 aromatic heterocycles. The van der Waals surface area contributed by atoms with Crippen molar-refractivity contribution in [2.24, 2.45) is 5.92 Å². The maximum absolute atomic E-state index is 13.4. The third-order valence-electron chi connectivity index (χ3n) is 3.85. The van der Waals surface area contributed by atoms with Gasteiger partial charge in [0, 0.05) is 18.2 Å². The van der Waals surface area contributed by atoms with Crippen molar-refractivity contribution >= 4 is 21.6 Å². The Balaban J connectivity index is 2.35. The van der Waals surface area contributed by atoms with Gasteiger partial charge < -0.3 is 0 Å². The van der Waals surface area contributed by atoms with E-state index in [0.29, 0.717) is 12.5 Å². The molecule has 1 aliphatic heterocycles. The molecule has 20 heavy (non-hydrogen) atoms. The highest BCUT2D eigenvalue weighted by Gasteiger charge is 2.33. The molecule has 2 atom stereocenters. The van der Waals surface area contributed by atoms with Gasteiger partial charge >= 0.3 is 0 Å². The minimum atomic E-state index is -3.58. The Hall–Kier alpha value is -0.650. The molecule has 0 radical (unpaired) electrons. The fourth-order valence-electron chi connectivity index (χ4n) is 2.69. The summed E-state index contributed by atoms with van der Waals surface area (Å²) < 4.78 is 40.2. The molecule has 0 amide bonds. The van der Waals surface area contributed by atoms with Gasteiger partial charge in [0.1, 0.15) is 5.82 Å². The number of alkyl halides is 1. The lowest BCUT2D eigenvalue weighted by Crippen LogP contribution is -2.44. The van der Waals surface area contributed by atoms with Gasteiger partial charge in [-0.3, -0.25) is 0 Å². The Morgan fingerprint density at radius 3 is 2.70 bits per heavy atom. The molecule has 0 N–H and O–H groups in total. The van der Waals surface area contributed by atoms with E-state index < -0.39 is 15.8 Å². The van der Waals surface area contributed by atoms with Crippen LogP contribution >= 0.6 is 11.6 Å². The molecule has 1 aromatic rings. The first-order valence-corrected chi connectivity index (χ1v) is 8.70. The number of hydrogen-bond acceptors (Lipinski definition) is 2. The molecule has 3 nitrogen and oxygen atoms in total. The van der Waals surface area contributed by atoms with Gasteiger partial charge in [-0.2, -0.15) is 4.31 Å². The standard InChI is InChI=1S/C14H19ClFNO2S/c1-10-5-6-17(11(2)7-10)20(18,19)13-3-4-14(16)12(8-13)9-15/h3-4,8,10-11H,5-7,9H2,1-2H3. The minimum absolute atomic E-state index is 0.0340. The normalized spacial score (nSPS) is 24.8. The van der Waals surface area contributed by atoms with Gasteiger partial charge in [0.05, 0.1) is 10.8 Å². The summed E-state index contributed by atoms with van der Waals surface area (Å²) in [5, 5.41) is 0. The van der Waals surface area contributed by atoms with Gasteiger partial charge in [-0.1, -0.05) is 6.92 Å². The lowest BCUT2D eigenvalue weighted by molar-refractivity contribution is 0.220. The van der Waals surface area contributed by atoms with Crippen LogP contribution in [0.1, 0.15) is 32.3 Å². The van der Waals surface area contributed by atoms with Gasteiger partial charge in [-0.05, 0) is 43.9 Å². The van der Waals surface area contributed by atoms with Gasteiger partial charge in [-0.15, -0.1) is 11.6 Å². The number of hydrogen-bond donors (Lipinski definition) is 0. The van der Waals surface area contributed by atoms with Gasteiger partial charge in [0.15, 0.2) is 0 Å². The highest BCUT2D eigenvalue weighted by Crippen LogP contribution is 2.29. The Bertz CT molecular complexity index is 591. The van der Waals surface area contributed by atoms with E-state index in [2.05, 4.69) is 6.92 Å². The molecule has 2 unspecified atom stereocenters. The average molecular weight is 320 g/mol. The van der Waals surface area contributed by atoms with Crippen LogP contribution in [-0.2, 0) is 15.9 Å². The maximum Gasteiger partial charge on any atom is 0.243 e. The van der Waals surface area contributed by atoms with E-state index in [1.165, 1.54) is 22.5 Å². The average Bonchev–Trinajstić information content (AvgIpc) is 2.38. The van der Waals surface area contributed by atoms with Crippen LogP contribution in [-0.4, -0.2) is 25.3 Å². The van der Waals surface area contributed by atoms with E-state index in [1.54, 1.807) is 0 Å². The first kappa shape index (κ1) is 15.7. The monoisotopic (exact) mass is 319 g/mol. The van der Waals surface area contributed by atoms with Crippen molar-refractivity contribution in [3.05, 3.63) is 29.6 Å². The van der Waals surface area contributed by atoms with Crippen LogP contribution in [0.5, 0.6) is 0 Å². The molecule has 1 aliphatic rings. The van der Waals surface area contributed by atoms with Crippen molar-refractivity contribution in [2.45, 2.75) is 43.5 Å². The molecular weight excluding hydrogens is 301 g/mol. The van der Waals surface area contributed by atoms with E-state index in [9.17, 15) is 12.8 Å². The number of halogens is 2. The molecule has 1 fully saturated rings. The van der Waals surface area contributed by atoms with Crippen LogP contribution in [0, 0.1) is 11.7 Å². The van der Waals surface area contributed by atoms with E-state index in [0.717, 1.165) is 12.8 Å². The zero-order valence-electron chi connectivity index (χ0n) is 11.6. The molecule has 1 saturated heterocycles. The highest BCUT2D eigenvalue weighted by atomic mass is 35.5. The lowest BCUT2D eigenvalue weighted by atomic mass is 9.95. The summed E-state index contributed by atoms with van der Waals surface area (Å²) in [4.78, 5) is 0.121. The second kappa shape index (κ2) is 6.00. The van der Waals surface area contributed by atoms with Crippen molar-refractivity contribution in [1.82, 2.24) is 4.31 Å². The first-order valence-electron chi connectivity index (χ1n) is 6.72. The van der Waals surface area contributed by atoms with E-state index in [4.69, 9.17) is 11.6 Å². The summed E-state index contributed by atoms with van der Waals surface area (Å²) >= 11 is 5.64. The SMILES string of the molecule is CC1CCN(S(=O)(=O)c2ccc(F)c(CCl)c2)C(C)C1. The molecule has 0 aliphatic carbocycles. The smallest absolute Gasteiger partial charge is 0.207 e. The largest absolute Gasteiger partial charge is 0.243 e. The number of piperidine rings is 1. The van der Waals surface area contributed by atoms with Crippen molar-refractivity contribution in [3.8, 4) is 0 Å². The van der Waals surface area contributed by atoms with Crippen LogP contribution in [0.3, 0.4) is 0 Å². The predicted octanol–water partition coefficient (Wildman–Crippen LogP) is 3.37. The third-order valence-corrected chi connectivity index (χ3v) is 6.14. The van der Waals surface area contributed by atoms with Gasteiger partial charge in [-0.25, -0.2) is 12.8 Å². The fraction of sp³-hybridized carbons (Fsp3) is 0.571. The third kappa shape index (κ3) is 3.00.